The Morgan fingerprint density at radius 3 is 2.80 bits per heavy atom. The molecule has 0 unspecified atom stereocenters. The van der Waals surface area contributed by atoms with Crippen molar-refractivity contribution in [3.8, 4) is 5.75 Å². The van der Waals surface area contributed by atoms with Crippen molar-refractivity contribution < 1.29 is 14.3 Å². The molecule has 1 saturated carbocycles. The highest BCUT2D eigenvalue weighted by Gasteiger charge is 2.34. The van der Waals surface area contributed by atoms with Crippen LogP contribution in [0, 0.1) is 0 Å². The molecule has 5 nitrogen and oxygen atoms in total. The van der Waals surface area contributed by atoms with Gasteiger partial charge < -0.3 is 9.47 Å². The van der Waals surface area contributed by atoms with Crippen LogP contribution < -0.4 is 10.1 Å². The number of carbonyl (C=O) groups is 1. The lowest BCUT2D eigenvalue weighted by Gasteiger charge is -2.37. The Labute approximate surface area is 150 Å². The molecule has 2 fully saturated rings. The van der Waals surface area contributed by atoms with Crippen LogP contribution in [-0.4, -0.2) is 42.8 Å². The Morgan fingerprint density at radius 2 is 2.00 bits per heavy atom. The van der Waals surface area contributed by atoms with E-state index in [1.54, 1.807) is 0 Å². The minimum atomic E-state index is -0.358. The van der Waals surface area contributed by atoms with Crippen LogP contribution in [0.5, 0.6) is 5.75 Å². The molecule has 0 radical (unpaired) electrons. The molecule has 1 amide bonds. The van der Waals surface area contributed by atoms with E-state index in [1.807, 2.05) is 24.3 Å². The van der Waals surface area contributed by atoms with Crippen molar-refractivity contribution in [3.05, 3.63) is 24.3 Å². The second-order valence-electron chi connectivity index (χ2n) is 7.04. The van der Waals surface area contributed by atoms with Crippen LogP contribution in [0.3, 0.4) is 0 Å². The lowest BCUT2D eigenvalue weighted by Crippen LogP contribution is -2.46. The summed E-state index contributed by atoms with van der Waals surface area (Å²) in [5.41, 5.74) is 0.715. The van der Waals surface area contributed by atoms with Crippen LogP contribution in [-0.2, 0) is 4.74 Å². The molecule has 0 aromatic heterocycles. The normalized spacial score (nSPS) is 24.0. The van der Waals surface area contributed by atoms with E-state index in [0.717, 1.165) is 44.5 Å². The highest BCUT2D eigenvalue weighted by atomic mass is 16.6. The number of rotatable bonds is 6. The number of carbonyl (C=O) groups excluding carboxylic acids is 1. The number of nitrogens with one attached hydrogen (secondary N) is 1. The summed E-state index contributed by atoms with van der Waals surface area (Å²) in [4.78, 5) is 14.9. The molecule has 1 aliphatic heterocycles. The first kappa shape index (κ1) is 18.1. The van der Waals surface area contributed by atoms with E-state index in [0.29, 0.717) is 18.3 Å². The standard InChI is InChI=1S/C20H30N2O3/c1-2-14-24-17-9-7-8-16(15-17)21-20(23)25-19-11-4-3-10-18(19)22-12-5-6-13-22/h7-9,15,18-19H,2-6,10-14H2,1H3,(H,21,23)/t18-,19-/m0/s1. The van der Waals surface area contributed by atoms with Crippen LogP contribution in [0.15, 0.2) is 24.3 Å². The predicted octanol–water partition coefficient (Wildman–Crippen LogP) is 4.43. The molecule has 1 N–H and O–H groups in total. The minimum Gasteiger partial charge on any atom is -0.494 e. The molecular weight excluding hydrogens is 316 g/mol. The van der Waals surface area contributed by atoms with Gasteiger partial charge in [-0.3, -0.25) is 10.2 Å². The fraction of sp³-hybridized carbons (Fsp3) is 0.650. The van der Waals surface area contributed by atoms with Gasteiger partial charge in [0.15, 0.2) is 0 Å². The molecule has 0 bridgehead atoms. The van der Waals surface area contributed by atoms with Crippen molar-refractivity contribution in [2.45, 2.75) is 64.0 Å². The lowest BCUT2D eigenvalue weighted by molar-refractivity contribution is 0.0176. The number of anilines is 1. The van der Waals surface area contributed by atoms with Gasteiger partial charge in [-0.15, -0.1) is 0 Å². The first-order valence-corrected chi connectivity index (χ1v) is 9.71. The van der Waals surface area contributed by atoms with Gasteiger partial charge in [-0.2, -0.15) is 0 Å². The molecule has 1 heterocycles. The fourth-order valence-corrected chi connectivity index (χ4v) is 3.87. The highest BCUT2D eigenvalue weighted by molar-refractivity contribution is 5.85. The van der Waals surface area contributed by atoms with Gasteiger partial charge in [0.2, 0.25) is 0 Å². The summed E-state index contributed by atoms with van der Waals surface area (Å²) < 4.78 is 11.4. The molecule has 3 rings (SSSR count). The number of hydrogen-bond acceptors (Lipinski definition) is 4. The third-order valence-corrected chi connectivity index (χ3v) is 5.09. The lowest BCUT2D eigenvalue weighted by atomic mass is 9.91. The number of hydrogen-bond donors (Lipinski definition) is 1. The Kier molecular flexibility index (Phi) is 6.56. The van der Waals surface area contributed by atoms with Crippen molar-refractivity contribution >= 4 is 11.8 Å². The van der Waals surface area contributed by atoms with Gasteiger partial charge in [-0.25, -0.2) is 4.79 Å². The highest BCUT2D eigenvalue weighted by Crippen LogP contribution is 2.28. The molecular formula is C20H30N2O3. The van der Waals surface area contributed by atoms with Gasteiger partial charge in [-0.05, 0) is 63.7 Å². The van der Waals surface area contributed by atoms with E-state index in [2.05, 4.69) is 17.1 Å². The second-order valence-corrected chi connectivity index (χ2v) is 7.04. The van der Waals surface area contributed by atoms with Crippen molar-refractivity contribution in [1.82, 2.24) is 4.90 Å². The smallest absolute Gasteiger partial charge is 0.411 e. The first-order valence-electron chi connectivity index (χ1n) is 9.71. The Hall–Kier alpha value is -1.75. The summed E-state index contributed by atoms with van der Waals surface area (Å²) in [7, 11) is 0. The fourth-order valence-electron chi connectivity index (χ4n) is 3.87. The Morgan fingerprint density at radius 1 is 1.20 bits per heavy atom. The third-order valence-electron chi connectivity index (χ3n) is 5.09. The van der Waals surface area contributed by atoms with Gasteiger partial charge in [-0.1, -0.05) is 19.4 Å². The summed E-state index contributed by atoms with van der Waals surface area (Å²) in [5, 5.41) is 2.86. The molecule has 0 spiro atoms. The van der Waals surface area contributed by atoms with Crippen molar-refractivity contribution in [1.29, 1.82) is 0 Å². The molecule has 2 aliphatic rings. The zero-order valence-corrected chi connectivity index (χ0v) is 15.2. The number of nitrogens with zero attached hydrogens (tertiary/aromatic N) is 1. The zero-order valence-electron chi connectivity index (χ0n) is 15.2. The maximum absolute atomic E-state index is 12.4. The Balaban J connectivity index is 1.55. The van der Waals surface area contributed by atoms with E-state index >= 15 is 0 Å². The minimum absolute atomic E-state index is 0.00590. The van der Waals surface area contributed by atoms with Crippen LogP contribution in [0.25, 0.3) is 0 Å². The Bertz CT molecular complexity index is 558. The van der Waals surface area contributed by atoms with Gasteiger partial charge in [0.25, 0.3) is 0 Å². The summed E-state index contributed by atoms with van der Waals surface area (Å²) in [6, 6.07) is 7.88. The van der Waals surface area contributed by atoms with Crippen molar-refractivity contribution in [2.75, 3.05) is 25.0 Å². The number of likely N-dealkylation sites (tertiary alicyclic amines) is 1. The molecule has 138 valence electrons. The summed E-state index contributed by atoms with van der Waals surface area (Å²) in [6.45, 7) is 5.03. The maximum atomic E-state index is 12.4. The SMILES string of the molecule is CCCOc1cccc(NC(=O)O[C@H]2CCCC[C@@H]2N2CCCC2)c1. The summed E-state index contributed by atoms with van der Waals surface area (Å²) >= 11 is 0. The topological polar surface area (TPSA) is 50.8 Å². The van der Waals surface area contributed by atoms with Gasteiger partial charge in [0.1, 0.15) is 11.9 Å². The number of amides is 1. The maximum Gasteiger partial charge on any atom is 0.411 e. The van der Waals surface area contributed by atoms with Crippen LogP contribution in [0.2, 0.25) is 0 Å². The summed E-state index contributed by atoms with van der Waals surface area (Å²) in [6.07, 6.45) is 7.61. The van der Waals surface area contributed by atoms with Gasteiger partial charge in [0.05, 0.1) is 6.61 Å². The average Bonchev–Trinajstić information content (AvgIpc) is 3.15. The quantitative estimate of drug-likeness (QED) is 0.828. The predicted molar refractivity (Wildman–Crippen MR) is 99.2 cm³/mol. The van der Waals surface area contributed by atoms with Gasteiger partial charge in [0, 0.05) is 17.8 Å². The van der Waals surface area contributed by atoms with Crippen LogP contribution >= 0.6 is 0 Å². The average molecular weight is 346 g/mol. The van der Waals surface area contributed by atoms with E-state index < -0.39 is 0 Å². The van der Waals surface area contributed by atoms with E-state index in [1.165, 1.54) is 19.3 Å². The molecule has 1 aliphatic carbocycles. The van der Waals surface area contributed by atoms with Gasteiger partial charge >= 0.3 is 6.09 Å². The van der Waals surface area contributed by atoms with Crippen molar-refractivity contribution in [3.63, 3.8) is 0 Å². The molecule has 2 atom stereocenters. The monoisotopic (exact) mass is 346 g/mol. The zero-order chi connectivity index (χ0) is 17.5. The first-order chi connectivity index (χ1) is 12.3. The van der Waals surface area contributed by atoms with Crippen LogP contribution in [0.1, 0.15) is 51.9 Å². The van der Waals surface area contributed by atoms with Crippen LogP contribution in [0.4, 0.5) is 10.5 Å². The molecule has 1 aromatic carbocycles. The van der Waals surface area contributed by atoms with E-state index in [9.17, 15) is 4.79 Å². The number of benzene rings is 1. The molecule has 1 saturated heterocycles. The second kappa shape index (κ2) is 9.09. The van der Waals surface area contributed by atoms with Crippen molar-refractivity contribution in [2.24, 2.45) is 0 Å². The molecule has 1 aromatic rings. The molecule has 5 heteroatoms. The number of ether oxygens (including phenoxy) is 2. The van der Waals surface area contributed by atoms with E-state index in [-0.39, 0.29) is 12.2 Å². The largest absolute Gasteiger partial charge is 0.494 e. The third kappa shape index (κ3) is 5.11. The summed E-state index contributed by atoms with van der Waals surface area (Å²) in [5.74, 6) is 0.771. The molecule has 25 heavy (non-hydrogen) atoms. The van der Waals surface area contributed by atoms with E-state index in [4.69, 9.17) is 9.47 Å².